The van der Waals surface area contributed by atoms with Gasteiger partial charge in [0.1, 0.15) is 11.5 Å². The van der Waals surface area contributed by atoms with Gasteiger partial charge in [0, 0.05) is 5.56 Å². The number of hydrogen-bond acceptors (Lipinski definition) is 7. The number of nitrogens with zero attached hydrogens (tertiary/aromatic N) is 2. The highest BCUT2D eigenvalue weighted by atomic mass is 32.2. The lowest BCUT2D eigenvalue weighted by atomic mass is 10.1. The Morgan fingerprint density at radius 2 is 1.74 bits per heavy atom. The number of aryl methyl sites for hydroxylation is 1. The summed E-state index contributed by atoms with van der Waals surface area (Å²) >= 11 is 1.20. The van der Waals surface area contributed by atoms with Crippen LogP contribution in [0, 0.1) is 0 Å². The molecule has 0 spiro atoms. The summed E-state index contributed by atoms with van der Waals surface area (Å²) in [6, 6.07) is 14.9. The van der Waals surface area contributed by atoms with Crippen LogP contribution in [0.2, 0.25) is 0 Å². The molecule has 0 aliphatic heterocycles. The second kappa shape index (κ2) is 9.23. The minimum atomic E-state index is -0.0188. The number of methoxy groups -OCH3 is 1. The van der Waals surface area contributed by atoms with Crippen molar-refractivity contribution in [2.75, 3.05) is 12.9 Å². The number of Topliss-reactive ketones (excluding diaryl/α,β-unsaturated/α-hetero) is 1. The SMILES string of the molecule is CCc1ccc(OCc2nnc(SCC(=O)c3ccc(OC)cc3)o2)cc1. The lowest BCUT2D eigenvalue weighted by Gasteiger charge is -2.03. The van der Waals surface area contributed by atoms with E-state index in [1.165, 1.54) is 17.3 Å². The van der Waals surface area contributed by atoms with E-state index < -0.39 is 0 Å². The van der Waals surface area contributed by atoms with Crippen molar-refractivity contribution in [3.63, 3.8) is 0 Å². The van der Waals surface area contributed by atoms with Crippen molar-refractivity contribution < 1.29 is 18.7 Å². The van der Waals surface area contributed by atoms with Gasteiger partial charge < -0.3 is 13.9 Å². The largest absolute Gasteiger partial charge is 0.497 e. The molecular formula is C20H20N2O4S. The Morgan fingerprint density at radius 3 is 2.41 bits per heavy atom. The topological polar surface area (TPSA) is 74.5 Å². The number of ketones is 1. The monoisotopic (exact) mass is 384 g/mol. The number of carbonyl (C=O) groups is 1. The van der Waals surface area contributed by atoms with Gasteiger partial charge in [-0.2, -0.15) is 0 Å². The number of rotatable bonds is 9. The van der Waals surface area contributed by atoms with Crippen molar-refractivity contribution in [3.05, 3.63) is 65.5 Å². The van der Waals surface area contributed by atoms with Crippen molar-refractivity contribution in [1.82, 2.24) is 10.2 Å². The molecule has 0 N–H and O–H groups in total. The van der Waals surface area contributed by atoms with Crippen LogP contribution in [0.4, 0.5) is 0 Å². The molecule has 1 aromatic heterocycles. The van der Waals surface area contributed by atoms with E-state index in [0.29, 0.717) is 22.4 Å². The molecule has 2 aromatic carbocycles. The molecule has 0 bridgehead atoms. The van der Waals surface area contributed by atoms with Gasteiger partial charge in [-0.05, 0) is 48.4 Å². The number of hydrogen-bond donors (Lipinski definition) is 0. The molecule has 7 heteroatoms. The van der Waals surface area contributed by atoms with Crippen LogP contribution in [0.5, 0.6) is 11.5 Å². The lowest BCUT2D eigenvalue weighted by Crippen LogP contribution is -2.02. The molecule has 0 unspecified atom stereocenters. The molecule has 0 atom stereocenters. The Balaban J connectivity index is 1.48. The maximum Gasteiger partial charge on any atom is 0.277 e. The van der Waals surface area contributed by atoms with Crippen LogP contribution in [0.1, 0.15) is 28.7 Å². The van der Waals surface area contributed by atoms with Crippen LogP contribution in [0.25, 0.3) is 0 Å². The molecule has 0 amide bonds. The lowest BCUT2D eigenvalue weighted by molar-refractivity contribution is 0.102. The highest BCUT2D eigenvalue weighted by Gasteiger charge is 2.12. The van der Waals surface area contributed by atoms with Crippen LogP contribution < -0.4 is 9.47 Å². The first-order valence-corrected chi connectivity index (χ1v) is 9.50. The zero-order chi connectivity index (χ0) is 19.1. The second-order valence-electron chi connectivity index (χ2n) is 5.69. The molecule has 27 heavy (non-hydrogen) atoms. The van der Waals surface area contributed by atoms with Crippen molar-refractivity contribution in [3.8, 4) is 11.5 Å². The number of thioether (sulfide) groups is 1. The molecular weight excluding hydrogens is 364 g/mol. The normalized spacial score (nSPS) is 10.6. The van der Waals surface area contributed by atoms with Gasteiger partial charge in [0.05, 0.1) is 12.9 Å². The molecule has 0 saturated heterocycles. The summed E-state index contributed by atoms with van der Waals surface area (Å²) in [5.41, 5.74) is 1.86. The van der Waals surface area contributed by atoms with E-state index in [1.54, 1.807) is 31.4 Å². The molecule has 3 rings (SSSR count). The highest BCUT2D eigenvalue weighted by molar-refractivity contribution is 7.99. The summed E-state index contributed by atoms with van der Waals surface area (Å²) in [4.78, 5) is 12.2. The van der Waals surface area contributed by atoms with Crippen LogP contribution in [-0.2, 0) is 13.0 Å². The molecule has 3 aromatic rings. The minimum absolute atomic E-state index is 0.0188. The maximum atomic E-state index is 12.2. The van der Waals surface area contributed by atoms with E-state index in [4.69, 9.17) is 13.9 Å². The first kappa shape index (κ1) is 19.0. The van der Waals surface area contributed by atoms with Gasteiger partial charge in [-0.1, -0.05) is 30.8 Å². The minimum Gasteiger partial charge on any atom is -0.497 e. The van der Waals surface area contributed by atoms with Crippen molar-refractivity contribution in [2.45, 2.75) is 25.2 Å². The first-order chi connectivity index (χ1) is 13.2. The third kappa shape index (κ3) is 5.34. The van der Waals surface area contributed by atoms with Gasteiger partial charge in [-0.15, -0.1) is 10.2 Å². The predicted molar refractivity (Wildman–Crippen MR) is 102 cm³/mol. The summed E-state index contributed by atoms with van der Waals surface area (Å²) in [6.45, 7) is 2.29. The second-order valence-corrected chi connectivity index (χ2v) is 6.61. The molecule has 0 aliphatic rings. The van der Waals surface area contributed by atoms with Crippen molar-refractivity contribution in [1.29, 1.82) is 0 Å². The zero-order valence-corrected chi connectivity index (χ0v) is 16.0. The fraction of sp³-hybridized carbons (Fsp3) is 0.250. The molecule has 0 aliphatic carbocycles. The Kier molecular flexibility index (Phi) is 6.49. The van der Waals surface area contributed by atoms with Crippen LogP contribution in [0.3, 0.4) is 0 Å². The number of benzene rings is 2. The summed E-state index contributed by atoms with van der Waals surface area (Å²) in [6.07, 6.45) is 0.986. The third-order valence-corrected chi connectivity index (χ3v) is 4.70. The molecule has 6 nitrogen and oxygen atoms in total. The fourth-order valence-electron chi connectivity index (χ4n) is 2.31. The van der Waals surface area contributed by atoms with Gasteiger partial charge in [0.15, 0.2) is 12.4 Å². The van der Waals surface area contributed by atoms with Crippen molar-refractivity contribution in [2.24, 2.45) is 0 Å². The number of aromatic nitrogens is 2. The average molecular weight is 384 g/mol. The van der Waals surface area contributed by atoms with E-state index in [-0.39, 0.29) is 18.1 Å². The Labute approximate surface area is 161 Å². The first-order valence-electron chi connectivity index (χ1n) is 8.52. The van der Waals surface area contributed by atoms with E-state index in [9.17, 15) is 4.79 Å². The summed E-state index contributed by atoms with van der Waals surface area (Å²) in [7, 11) is 1.59. The Morgan fingerprint density at radius 1 is 1.04 bits per heavy atom. The van der Waals surface area contributed by atoms with Crippen molar-refractivity contribution >= 4 is 17.5 Å². The van der Waals surface area contributed by atoms with E-state index in [1.807, 2.05) is 24.3 Å². The standard InChI is InChI=1S/C20H20N2O4S/c1-3-14-4-8-17(9-5-14)25-12-19-21-22-20(26-19)27-13-18(23)15-6-10-16(24-2)11-7-15/h4-11H,3,12-13H2,1-2H3. The summed E-state index contributed by atoms with van der Waals surface area (Å²) < 4.78 is 16.2. The van der Waals surface area contributed by atoms with Crippen LogP contribution in [-0.4, -0.2) is 28.8 Å². The molecule has 1 heterocycles. The van der Waals surface area contributed by atoms with Gasteiger partial charge in [-0.25, -0.2) is 0 Å². The third-order valence-electron chi connectivity index (χ3n) is 3.88. The quantitative estimate of drug-likeness (QED) is 0.404. The zero-order valence-electron chi connectivity index (χ0n) is 15.2. The van der Waals surface area contributed by atoms with E-state index in [0.717, 1.165) is 12.2 Å². The predicted octanol–water partition coefficient (Wildman–Crippen LogP) is 4.19. The van der Waals surface area contributed by atoms with E-state index in [2.05, 4.69) is 17.1 Å². The molecule has 0 radical (unpaired) electrons. The average Bonchev–Trinajstić information content (AvgIpc) is 3.19. The number of ether oxygens (including phenoxy) is 2. The molecule has 0 saturated carbocycles. The molecule has 140 valence electrons. The van der Waals surface area contributed by atoms with Gasteiger partial charge >= 0.3 is 0 Å². The van der Waals surface area contributed by atoms with Crippen LogP contribution >= 0.6 is 11.8 Å². The smallest absolute Gasteiger partial charge is 0.277 e. The summed E-state index contributed by atoms with van der Waals surface area (Å²) in [5, 5.41) is 8.24. The number of carbonyl (C=O) groups excluding carboxylic acids is 1. The van der Waals surface area contributed by atoms with Gasteiger partial charge in [0.2, 0.25) is 0 Å². The summed E-state index contributed by atoms with van der Waals surface area (Å²) in [5.74, 6) is 2.02. The fourth-order valence-corrected chi connectivity index (χ4v) is 2.98. The Hall–Kier alpha value is -2.80. The van der Waals surface area contributed by atoms with Gasteiger partial charge in [0.25, 0.3) is 11.1 Å². The Bertz CT molecular complexity index is 876. The van der Waals surface area contributed by atoms with Gasteiger partial charge in [-0.3, -0.25) is 4.79 Å². The van der Waals surface area contributed by atoms with E-state index >= 15 is 0 Å². The van der Waals surface area contributed by atoms with Crippen LogP contribution in [0.15, 0.2) is 58.2 Å². The maximum absolute atomic E-state index is 12.2. The molecule has 0 fully saturated rings. The highest BCUT2D eigenvalue weighted by Crippen LogP contribution is 2.20.